The van der Waals surface area contributed by atoms with Crippen LogP contribution in [0, 0.1) is 0 Å². The number of rotatable bonds is 3. The van der Waals surface area contributed by atoms with Gasteiger partial charge in [0.2, 0.25) is 0 Å². The van der Waals surface area contributed by atoms with Gasteiger partial charge in [-0.2, -0.15) is 0 Å². The maximum Gasteiger partial charge on any atom is 0.172 e. The summed E-state index contributed by atoms with van der Waals surface area (Å²) < 4.78 is 1.26. The fourth-order valence-corrected chi connectivity index (χ4v) is 2.78. The fourth-order valence-electron chi connectivity index (χ4n) is 1.60. The van der Waals surface area contributed by atoms with Gasteiger partial charge in [0.05, 0.1) is 12.2 Å². The lowest BCUT2D eigenvalue weighted by Gasteiger charge is -2.17. The number of aromatic nitrogens is 2. The molecule has 0 saturated heterocycles. The first-order valence-electron chi connectivity index (χ1n) is 5.87. The zero-order chi connectivity index (χ0) is 14.5. The molecule has 104 valence electrons. The second kappa shape index (κ2) is 7.10. The highest BCUT2D eigenvalue weighted by Crippen LogP contribution is 2.19. The Hall–Kier alpha value is -1.05. The summed E-state index contributed by atoms with van der Waals surface area (Å²) in [5.74, 6) is 0.575. The second-order valence-corrected chi connectivity index (χ2v) is 6.03. The van der Waals surface area contributed by atoms with Crippen molar-refractivity contribution in [2.24, 2.45) is 0 Å². The molecule has 0 unspecified atom stereocenters. The predicted octanol–water partition coefficient (Wildman–Crippen LogP) is 4.05. The van der Waals surface area contributed by atoms with Crippen molar-refractivity contribution >= 4 is 55.0 Å². The third-order valence-electron chi connectivity index (χ3n) is 2.58. The smallest absolute Gasteiger partial charge is 0.172 e. The molecule has 0 spiro atoms. The summed E-state index contributed by atoms with van der Waals surface area (Å²) in [6, 6.07) is 10.2. The van der Waals surface area contributed by atoms with E-state index in [0.717, 1.165) is 5.56 Å². The standard InChI is InChI=1S/C13H12Br2N4S/c1-8(9-5-3-2-4-6-9)17-13(20)19-12-11(15)18-10(14)7-16-12/h2-8H,1H3,(H2,16,17,19,20)/t8-/m0/s1. The molecule has 0 aliphatic heterocycles. The summed E-state index contributed by atoms with van der Waals surface area (Å²) >= 11 is 11.9. The van der Waals surface area contributed by atoms with Crippen molar-refractivity contribution in [2.45, 2.75) is 13.0 Å². The molecular formula is C13H12Br2N4S. The Bertz CT molecular complexity index is 607. The lowest BCUT2D eigenvalue weighted by Crippen LogP contribution is -2.31. The predicted molar refractivity (Wildman–Crippen MR) is 91.6 cm³/mol. The minimum Gasteiger partial charge on any atom is -0.356 e. The second-order valence-electron chi connectivity index (χ2n) is 4.06. The van der Waals surface area contributed by atoms with Crippen molar-refractivity contribution in [1.29, 1.82) is 0 Å². The molecule has 0 aliphatic carbocycles. The summed E-state index contributed by atoms with van der Waals surface area (Å²) in [5, 5.41) is 6.72. The van der Waals surface area contributed by atoms with E-state index in [1.807, 2.05) is 25.1 Å². The number of nitrogens with one attached hydrogen (secondary N) is 2. The third kappa shape index (κ3) is 4.22. The molecular weight excluding hydrogens is 404 g/mol. The molecule has 1 aromatic carbocycles. The van der Waals surface area contributed by atoms with Gasteiger partial charge in [-0.3, -0.25) is 0 Å². The lowest BCUT2D eigenvalue weighted by atomic mass is 10.1. The zero-order valence-corrected chi connectivity index (χ0v) is 14.6. The highest BCUT2D eigenvalue weighted by Gasteiger charge is 2.09. The minimum atomic E-state index is 0.110. The van der Waals surface area contributed by atoms with Crippen molar-refractivity contribution in [1.82, 2.24) is 15.3 Å². The molecule has 0 saturated carbocycles. The molecule has 1 aromatic heterocycles. The van der Waals surface area contributed by atoms with Crippen LogP contribution in [0.1, 0.15) is 18.5 Å². The van der Waals surface area contributed by atoms with Crippen LogP contribution < -0.4 is 10.6 Å². The maximum atomic E-state index is 5.28. The van der Waals surface area contributed by atoms with E-state index in [1.165, 1.54) is 0 Å². The lowest BCUT2D eigenvalue weighted by molar-refractivity contribution is 0.722. The van der Waals surface area contributed by atoms with E-state index in [-0.39, 0.29) is 6.04 Å². The average Bonchev–Trinajstić information content (AvgIpc) is 2.43. The molecule has 4 nitrogen and oxygen atoms in total. The molecule has 0 aliphatic rings. The van der Waals surface area contributed by atoms with Gasteiger partial charge >= 0.3 is 0 Å². The van der Waals surface area contributed by atoms with Crippen molar-refractivity contribution < 1.29 is 0 Å². The number of hydrogen-bond donors (Lipinski definition) is 2. The molecule has 7 heteroatoms. The molecule has 2 aromatic rings. The van der Waals surface area contributed by atoms with Crippen molar-refractivity contribution in [3.05, 3.63) is 51.3 Å². The van der Waals surface area contributed by atoms with Gasteiger partial charge in [0.1, 0.15) is 9.21 Å². The first-order chi connectivity index (χ1) is 9.56. The summed E-state index contributed by atoms with van der Waals surface area (Å²) in [4.78, 5) is 8.39. The van der Waals surface area contributed by atoms with Gasteiger partial charge in [-0.25, -0.2) is 9.97 Å². The number of anilines is 1. The van der Waals surface area contributed by atoms with Crippen LogP contribution in [0.5, 0.6) is 0 Å². The molecule has 1 atom stereocenters. The van der Waals surface area contributed by atoms with Gasteiger partial charge in [-0.1, -0.05) is 30.3 Å². The van der Waals surface area contributed by atoms with E-state index in [0.29, 0.717) is 20.1 Å². The Kier molecular flexibility index (Phi) is 5.45. The number of benzene rings is 1. The molecule has 0 radical (unpaired) electrons. The fraction of sp³-hybridized carbons (Fsp3) is 0.154. The maximum absolute atomic E-state index is 5.28. The largest absolute Gasteiger partial charge is 0.356 e. The van der Waals surface area contributed by atoms with E-state index >= 15 is 0 Å². The van der Waals surface area contributed by atoms with Crippen LogP contribution in [0.3, 0.4) is 0 Å². The van der Waals surface area contributed by atoms with Crippen molar-refractivity contribution in [3.63, 3.8) is 0 Å². The number of hydrogen-bond acceptors (Lipinski definition) is 3. The van der Waals surface area contributed by atoms with Gasteiger partial charge in [0.25, 0.3) is 0 Å². The highest BCUT2D eigenvalue weighted by atomic mass is 79.9. The van der Waals surface area contributed by atoms with E-state index in [9.17, 15) is 0 Å². The quantitative estimate of drug-likeness (QED) is 0.740. The van der Waals surface area contributed by atoms with Gasteiger partial charge in [0, 0.05) is 0 Å². The Labute approximate surface area is 139 Å². The topological polar surface area (TPSA) is 49.8 Å². The molecule has 0 bridgehead atoms. The summed E-state index contributed by atoms with van der Waals surface area (Å²) in [7, 11) is 0. The van der Waals surface area contributed by atoms with Crippen LogP contribution in [-0.4, -0.2) is 15.1 Å². The van der Waals surface area contributed by atoms with E-state index in [2.05, 4.69) is 64.6 Å². The normalized spacial score (nSPS) is 11.8. The van der Waals surface area contributed by atoms with E-state index in [1.54, 1.807) is 6.20 Å². The van der Waals surface area contributed by atoms with E-state index < -0.39 is 0 Å². The van der Waals surface area contributed by atoms with Crippen LogP contribution in [0.15, 0.2) is 45.7 Å². The summed E-state index contributed by atoms with van der Waals surface area (Å²) in [6.07, 6.45) is 1.61. The Balaban J connectivity index is 1.99. The minimum absolute atomic E-state index is 0.110. The van der Waals surface area contributed by atoms with Crippen LogP contribution in [0.4, 0.5) is 5.82 Å². The van der Waals surface area contributed by atoms with Crippen LogP contribution in [0.2, 0.25) is 0 Å². The van der Waals surface area contributed by atoms with Crippen LogP contribution in [-0.2, 0) is 0 Å². The Morgan fingerprint density at radius 3 is 2.60 bits per heavy atom. The molecule has 2 N–H and O–H groups in total. The van der Waals surface area contributed by atoms with Crippen molar-refractivity contribution in [3.8, 4) is 0 Å². The van der Waals surface area contributed by atoms with Crippen LogP contribution in [0.25, 0.3) is 0 Å². The first-order valence-corrected chi connectivity index (χ1v) is 7.86. The zero-order valence-electron chi connectivity index (χ0n) is 10.6. The SMILES string of the molecule is C[C@H](NC(=S)Nc1ncc(Br)nc1Br)c1ccccc1. The van der Waals surface area contributed by atoms with Crippen molar-refractivity contribution in [2.75, 3.05) is 5.32 Å². The number of nitrogens with zero attached hydrogens (tertiary/aromatic N) is 2. The van der Waals surface area contributed by atoms with Gasteiger partial charge in [-0.05, 0) is 56.6 Å². The van der Waals surface area contributed by atoms with Gasteiger partial charge in [0.15, 0.2) is 10.9 Å². The van der Waals surface area contributed by atoms with Crippen LogP contribution >= 0.6 is 44.1 Å². The average molecular weight is 416 g/mol. The Morgan fingerprint density at radius 2 is 1.95 bits per heavy atom. The number of thiocarbonyl (C=S) groups is 1. The summed E-state index contributed by atoms with van der Waals surface area (Å²) in [5.41, 5.74) is 1.16. The first kappa shape index (κ1) is 15.3. The number of halogens is 2. The molecule has 0 fully saturated rings. The molecule has 1 heterocycles. The molecule has 0 amide bonds. The monoisotopic (exact) mass is 414 g/mol. The van der Waals surface area contributed by atoms with Gasteiger partial charge in [-0.15, -0.1) is 0 Å². The third-order valence-corrected chi connectivity index (χ3v) is 3.73. The Morgan fingerprint density at radius 1 is 1.25 bits per heavy atom. The summed E-state index contributed by atoms with van der Waals surface area (Å²) in [6.45, 7) is 2.05. The molecule has 2 rings (SSSR count). The highest BCUT2D eigenvalue weighted by molar-refractivity contribution is 9.11. The van der Waals surface area contributed by atoms with Gasteiger partial charge < -0.3 is 10.6 Å². The molecule has 20 heavy (non-hydrogen) atoms. The van der Waals surface area contributed by atoms with E-state index in [4.69, 9.17) is 12.2 Å².